The van der Waals surface area contributed by atoms with Gasteiger partial charge in [-0.2, -0.15) is 0 Å². The summed E-state index contributed by atoms with van der Waals surface area (Å²) in [6.07, 6.45) is 0.320. The van der Waals surface area contributed by atoms with Crippen LogP contribution in [-0.2, 0) is 9.59 Å². The number of thioether (sulfide) groups is 1. The van der Waals surface area contributed by atoms with Crippen molar-refractivity contribution >= 4 is 40.1 Å². The van der Waals surface area contributed by atoms with E-state index in [4.69, 9.17) is 12.2 Å². The Bertz CT molecular complexity index is 252. The van der Waals surface area contributed by atoms with Crippen LogP contribution in [0.5, 0.6) is 0 Å². The van der Waals surface area contributed by atoms with Crippen LogP contribution in [0, 0.1) is 0 Å². The molecule has 0 aromatic carbocycles. The molecule has 0 aliphatic carbocycles. The first-order chi connectivity index (χ1) is 6.65. The molecule has 14 heavy (non-hydrogen) atoms. The third-order valence-electron chi connectivity index (χ3n) is 1.78. The summed E-state index contributed by atoms with van der Waals surface area (Å²) in [6.45, 7) is 2.88. The lowest BCUT2D eigenvalue weighted by Gasteiger charge is -2.13. The van der Waals surface area contributed by atoms with Gasteiger partial charge in [0.1, 0.15) is 4.32 Å². The fourth-order valence-corrected chi connectivity index (χ4v) is 2.22. The fourth-order valence-electron chi connectivity index (χ4n) is 1.10. The number of hydrogen-bond donors (Lipinski definition) is 1. The van der Waals surface area contributed by atoms with E-state index < -0.39 is 0 Å². The molecule has 1 rings (SSSR count). The van der Waals surface area contributed by atoms with Crippen LogP contribution >= 0.6 is 24.0 Å². The Morgan fingerprint density at radius 2 is 2.43 bits per heavy atom. The first-order valence-corrected chi connectivity index (χ1v) is 5.78. The molecule has 0 aromatic rings. The van der Waals surface area contributed by atoms with Crippen molar-refractivity contribution in [3.05, 3.63) is 0 Å². The highest BCUT2D eigenvalue weighted by molar-refractivity contribution is 8.23. The summed E-state index contributed by atoms with van der Waals surface area (Å²) in [4.78, 5) is 23.9. The largest absolute Gasteiger partial charge is 0.356 e. The van der Waals surface area contributed by atoms with Crippen LogP contribution in [0.2, 0.25) is 0 Å². The van der Waals surface area contributed by atoms with Crippen LogP contribution in [0.1, 0.15) is 13.3 Å². The lowest BCUT2D eigenvalue weighted by Crippen LogP contribution is -2.33. The van der Waals surface area contributed by atoms with E-state index in [9.17, 15) is 9.59 Å². The van der Waals surface area contributed by atoms with E-state index in [1.165, 1.54) is 16.7 Å². The van der Waals surface area contributed by atoms with Crippen LogP contribution < -0.4 is 5.32 Å². The van der Waals surface area contributed by atoms with E-state index in [-0.39, 0.29) is 11.8 Å². The maximum atomic E-state index is 11.2. The first-order valence-electron chi connectivity index (χ1n) is 4.39. The van der Waals surface area contributed by atoms with Gasteiger partial charge >= 0.3 is 0 Å². The van der Waals surface area contributed by atoms with Gasteiger partial charge in [-0.25, -0.2) is 0 Å². The summed E-state index contributed by atoms with van der Waals surface area (Å²) >= 11 is 6.33. The third-order valence-corrected chi connectivity index (χ3v) is 3.21. The molecule has 0 atom stereocenters. The summed E-state index contributed by atoms with van der Waals surface area (Å²) in [5, 5.41) is 2.67. The van der Waals surface area contributed by atoms with Gasteiger partial charge in [0.25, 0.3) is 0 Å². The smallest absolute Gasteiger partial charge is 0.238 e. The predicted octanol–water partition coefficient (Wildman–Crippen LogP) is 0.373. The highest BCUT2D eigenvalue weighted by Crippen LogP contribution is 2.18. The molecular weight excluding hydrogens is 220 g/mol. The molecule has 0 unspecified atom stereocenters. The number of nitrogens with one attached hydrogen (secondary N) is 1. The Hall–Kier alpha value is -0.620. The van der Waals surface area contributed by atoms with E-state index in [1.54, 1.807) is 0 Å². The van der Waals surface area contributed by atoms with Gasteiger partial charge in [0.15, 0.2) is 0 Å². The molecule has 1 fully saturated rings. The number of thiocarbonyl (C=S) groups is 1. The van der Waals surface area contributed by atoms with E-state index in [0.717, 1.165) is 0 Å². The molecule has 2 amide bonds. The van der Waals surface area contributed by atoms with Crippen molar-refractivity contribution in [1.29, 1.82) is 0 Å². The second-order valence-electron chi connectivity index (χ2n) is 2.80. The van der Waals surface area contributed by atoms with Crippen molar-refractivity contribution in [3.63, 3.8) is 0 Å². The molecule has 1 aliphatic heterocycles. The Labute approximate surface area is 92.4 Å². The lowest BCUT2D eigenvalue weighted by molar-refractivity contribution is -0.125. The maximum absolute atomic E-state index is 11.2. The van der Waals surface area contributed by atoms with E-state index in [0.29, 0.717) is 29.6 Å². The molecule has 0 bridgehead atoms. The molecule has 1 heterocycles. The zero-order valence-electron chi connectivity index (χ0n) is 7.91. The number of hydrogen-bond acceptors (Lipinski definition) is 4. The second-order valence-corrected chi connectivity index (χ2v) is 4.41. The number of carbonyl (C=O) groups is 2. The fraction of sp³-hybridized carbons (Fsp3) is 0.625. The van der Waals surface area contributed by atoms with Crippen LogP contribution in [0.15, 0.2) is 0 Å². The third kappa shape index (κ3) is 2.95. The number of amides is 2. The standard InChI is InChI=1S/C8H12N2O2S2/c1-2-9-6(11)3-4-10-7(12)5-14-8(10)13/h2-5H2,1H3,(H,9,11). The van der Waals surface area contributed by atoms with Crippen molar-refractivity contribution in [1.82, 2.24) is 10.2 Å². The summed E-state index contributed by atoms with van der Waals surface area (Å²) in [6, 6.07) is 0. The zero-order chi connectivity index (χ0) is 10.6. The minimum atomic E-state index is -0.0417. The van der Waals surface area contributed by atoms with Gasteiger partial charge in [-0.15, -0.1) is 0 Å². The molecule has 1 saturated heterocycles. The van der Waals surface area contributed by atoms with Crippen molar-refractivity contribution in [3.8, 4) is 0 Å². The topological polar surface area (TPSA) is 49.4 Å². The van der Waals surface area contributed by atoms with Gasteiger partial charge in [0.2, 0.25) is 11.8 Å². The highest BCUT2D eigenvalue weighted by Gasteiger charge is 2.26. The molecule has 0 saturated carbocycles. The van der Waals surface area contributed by atoms with Gasteiger partial charge in [0, 0.05) is 19.5 Å². The van der Waals surface area contributed by atoms with Crippen LogP contribution in [0.25, 0.3) is 0 Å². The van der Waals surface area contributed by atoms with Gasteiger partial charge in [-0.05, 0) is 6.92 Å². The normalized spacial score (nSPS) is 16.2. The Morgan fingerprint density at radius 3 is 2.93 bits per heavy atom. The van der Waals surface area contributed by atoms with Crippen molar-refractivity contribution in [2.45, 2.75) is 13.3 Å². The second kappa shape index (κ2) is 5.31. The van der Waals surface area contributed by atoms with E-state index in [2.05, 4.69) is 5.32 Å². The van der Waals surface area contributed by atoms with Crippen molar-refractivity contribution in [2.24, 2.45) is 0 Å². The monoisotopic (exact) mass is 232 g/mol. The molecule has 0 spiro atoms. The zero-order valence-corrected chi connectivity index (χ0v) is 9.54. The Morgan fingerprint density at radius 1 is 1.71 bits per heavy atom. The molecule has 78 valence electrons. The van der Waals surface area contributed by atoms with Crippen LogP contribution in [0.4, 0.5) is 0 Å². The van der Waals surface area contributed by atoms with Crippen LogP contribution in [-0.4, -0.2) is 39.9 Å². The average molecular weight is 232 g/mol. The minimum absolute atomic E-state index is 0.00398. The van der Waals surface area contributed by atoms with E-state index in [1.807, 2.05) is 6.92 Å². The summed E-state index contributed by atoms with van der Waals surface area (Å²) in [5.41, 5.74) is 0. The number of rotatable bonds is 4. The molecule has 1 N–H and O–H groups in total. The number of nitrogens with zero attached hydrogens (tertiary/aromatic N) is 1. The van der Waals surface area contributed by atoms with Gasteiger partial charge < -0.3 is 5.32 Å². The van der Waals surface area contributed by atoms with Gasteiger partial charge in [-0.1, -0.05) is 24.0 Å². The van der Waals surface area contributed by atoms with Crippen LogP contribution in [0.3, 0.4) is 0 Å². The first kappa shape index (κ1) is 11.5. The maximum Gasteiger partial charge on any atom is 0.238 e. The van der Waals surface area contributed by atoms with E-state index >= 15 is 0 Å². The number of carbonyl (C=O) groups excluding carboxylic acids is 2. The van der Waals surface area contributed by atoms with Gasteiger partial charge in [0.05, 0.1) is 5.75 Å². The molecule has 4 nitrogen and oxygen atoms in total. The molecule has 6 heteroatoms. The van der Waals surface area contributed by atoms with Crippen molar-refractivity contribution in [2.75, 3.05) is 18.8 Å². The van der Waals surface area contributed by atoms with Gasteiger partial charge in [-0.3, -0.25) is 14.5 Å². The van der Waals surface area contributed by atoms with Crippen molar-refractivity contribution < 1.29 is 9.59 Å². The molecule has 0 aromatic heterocycles. The average Bonchev–Trinajstić information content (AvgIpc) is 2.44. The molecular formula is C8H12N2O2S2. The predicted molar refractivity (Wildman–Crippen MR) is 60.1 cm³/mol. The summed E-state index contributed by atoms with van der Waals surface area (Å²) in [7, 11) is 0. The molecule has 1 aliphatic rings. The minimum Gasteiger partial charge on any atom is -0.356 e. The summed E-state index contributed by atoms with van der Waals surface area (Å²) in [5.74, 6) is 0.373. The quantitative estimate of drug-likeness (QED) is 0.712. The molecule has 0 radical (unpaired) electrons. The summed E-state index contributed by atoms with van der Waals surface area (Å²) < 4.78 is 0.583. The SMILES string of the molecule is CCNC(=O)CCN1C(=O)CSC1=S. The highest BCUT2D eigenvalue weighted by atomic mass is 32.2. The Kier molecular flexibility index (Phi) is 4.34. The Balaban J connectivity index is 2.33. The lowest BCUT2D eigenvalue weighted by atomic mass is 10.3.